The maximum Gasteiger partial charge on any atom is 0.133 e. The summed E-state index contributed by atoms with van der Waals surface area (Å²) in [5.41, 5.74) is 0. The predicted molar refractivity (Wildman–Crippen MR) is 53.1 cm³/mol. The highest BCUT2D eigenvalue weighted by Crippen LogP contribution is 2.00. The lowest BCUT2D eigenvalue weighted by Gasteiger charge is -1.94. The lowest BCUT2D eigenvalue weighted by molar-refractivity contribution is -0.118. The molecule has 0 saturated carbocycles. The van der Waals surface area contributed by atoms with Crippen LogP contribution in [-0.2, 0) is 4.79 Å². The van der Waals surface area contributed by atoms with Crippen LogP contribution in [0.4, 0.5) is 0 Å². The van der Waals surface area contributed by atoms with Gasteiger partial charge in [0.15, 0.2) is 0 Å². The summed E-state index contributed by atoms with van der Waals surface area (Å²) >= 11 is 0. The van der Waals surface area contributed by atoms with Crippen molar-refractivity contribution in [3.63, 3.8) is 0 Å². The third-order valence-corrected chi connectivity index (χ3v) is 1.62. The molecule has 0 aliphatic rings. The number of carbonyl (C=O) groups is 1. The molecule has 0 spiro atoms. The van der Waals surface area contributed by atoms with Crippen molar-refractivity contribution in [3.05, 3.63) is 24.8 Å². The number of hydrogen-bond donors (Lipinski definition) is 0. The van der Waals surface area contributed by atoms with Gasteiger partial charge in [-0.15, -0.1) is 6.58 Å². The van der Waals surface area contributed by atoms with Crippen LogP contribution in [0.25, 0.3) is 0 Å². The van der Waals surface area contributed by atoms with Gasteiger partial charge < -0.3 is 0 Å². The SMILES string of the molecule is C=CCCC(=O)CC/C=C\CC. The standard InChI is InChI=1S/C11H18O/c1-3-5-7-8-10-11(12)9-6-4-2/h4-5,7H,2-3,6,8-10H2,1H3/b7-5-. The number of Topliss-reactive ketones (excluding diaryl/α,β-unsaturated/α-hetero) is 1. The maximum absolute atomic E-state index is 11.1. The van der Waals surface area contributed by atoms with Crippen molar-refractivity contribution < 1.29 is 4.79 Å². The van der Waals surface area contributed by atoms with E-state index < -0.39 is 0 Å². The van der Waals surface area contributed by atoms with E-state index in [2.05, 4.69) is 25.7 Å². The van der Waals surface area contributed by atoms with Gasteiger partial charge in [-0.05, 0) is 19.3 Å². The summed E-state index contributed by atoms with van der Waals surface area (Å²) in [6, 6.07) is 0. The van der Waals surface area contributed by atoms with Crippen LogP contribution in [-0.4, -0.2) is 5.78 Å². The summed E-state index contributed by atoms with van der Waals surface area (Å²) in [7, 11) is 0. The quantitative estimate of drug-likeness (QED) is 0.530. The second-order valence-corrected chi connectivity index (χ2v) is 2.78. The van der Waals surface area contributed by atoms with E-state index in [9.17, 15) is 4.79 Å². The molecular formula is C11H18O. The molecule has 0 bridgehead atoms. The van der Waals surface area contributed by atoms with Gasteiger partial charge in [0, 0.05) is 12.8 Å². The molecule has 0 aromatic carbocycles. The monoisotopic (exact) mass is 166 g/mol. The second kappa shape index (κ2) is 8.25. The summed E-state index contributed by atoms with van der Waals surface area (Å²) in [6.45, 7) is 5.67. The van der Waals surface area contributed by atoms with Crippen LogP contribution in [0.5, 0.6) is 0 Å². The summed E-state index contributed by atoms with van der Waals surface area (Å²) in [5, 5.41) is 0. The Kier molecular flexibility index (Phi) is 7.66. The molecule has 1 heteroatoms. The highest BCUT2D eigenvalue weighted by atomic mass is 16.1. The summed E-state index contributed by atoms with van der Waals surface area (Å²) in [4.78, 5) is 11.1. The molecule has 1 nitrogen and oxygen atoms in total. The largest absolute Gasteiger partial charge is 0.300 e. The molecule has 0 N–H and O–H groups in total. The summed E-state index contributed by atoms with van der Waals surface area (Å²) in [6.07, 6.45) is 10.1. The molecule has 0 atom stereocenters. The van der Waals surface area contributed by atoms with Gasteiger partial charge in [-0.3, -0.25) is 4.79 Å². The van der Waals surface area contributed by atoms with E-state index in [1.165, 1.54) is 0 Å². The lowest BCUT2D eigenvalue weighted by Crippen LogP contribution is -1.95. The second-order valence-electron chi connectivity index (χ2n) is 2.78. The summed E-state index contributed by atoms with van der Waals surface area (Å²) < 4.78 is 0. The fourth-order valence-corrected chi connectivity index (χ4v) is 0.917. The molecule has 0 aliphatic carbocycles. The van der Waals surface area contributed by atoms with E-state index in [1.54, 1.807) is 6.08 Å². The van der Waals surface area contributed by atoms with E-state index in [0.717, 1.165) is 19.3 Å². The Morgan fingerprint density at radius 3 is 2.50 bits per heavy atom. The highest BCUT2D eigenvalue weighted by Gasteiger charge is 1.97. The zero-order valence-corrected chi connectivity index (χ0v) is 7.88. The third kappa shape index (κ3) is 7.26. The number of carbonyl (C=O) groups excluding carboxylic acids is 1. The highest BCUT2D eigenvalue weighted by molar-refractivity contribution is 5.78. The van der Waals surface area contributed by atoms with Crippen LogP contribution in [0.1, 0.15) is 39.0 Å². The molecule has 12 heavy (non-hydrogen) atoms. The molecule has 0 aromatic rings. The van der Waals surface area contributed by atoms with Crippen LogP contribution in [0, 0.1) is 0 Å². The van der Waals surface area contributed by atoms with Crippen molar-refractivity contribution in [1.29, 1.82) is 0 Å². The molecule has 0 radical (unpaired) electrons. The molecule has 68 valence electrons. The van der Waals surface area contributed by atoms with E-state index in [-0.39, 0.29) is 0 Å². The molecular weight excluding hydrogens is 148 g/mol. The van der Waals surface area contributed by atoms with Gasteiger partial charge in [-0.1, -0.05) is 25.2 Å². The van der Waals surface area contributed by atoms with Crippen LogP contribution in [0.3, 0.4) is 0 Å². The zero-order chi connectivity index (χ0) is 9.23. The first-order valence-electron chi connectivity index (χ1n) is 4.58. The van der Waals surface area contributed by atoms with E-state index in [0.29, 0.717) is 18.6 Å². The molecule has 0 heterocycles. The van der Waals surface area contributed by atoms with Crippen LogP contribution >= 0.6 is 0 Å². The third-order valence-electron chi connectivity index (χ3n) is 1.62. The van der Waals surface area contributed by atoms with E-state index in [4.69, 9.17) is 0 Å². The van der Waals surface area contributed by atoms with Crippen LogP contribution < -0.4 is 0 Å². The fourth-order valence-electron chi connectivity index (χ4n) is 0.917. The fraction of sp³-hybridized carbons (Fsp3) is 0.545. The first-order chi connectivity index (χ1) is 5.81. The minimum Gasteiger partial charge on any atom is -0.300 e. The molecule has 0 amide bonds. The molecule has 0 rings (SSSR count). The Hall–Kier alpha value is -0.850. The van der Waals surface area contributed by atoms with Crippen molar-refractivity contribution >= 4 is 5.78 Å². The normalized spacial score (nSPS) is 10.4. The number of ketones is 1. The predicted octanol–water partition coefficient (Wildman–Crippen LogP) is 3.27. The first-order valence-corrected chi connectivity index (χ1v) is 4.58. The average Bonchev–Trinajstić information content (AvgIpc) is 2.09. The van der Waals surface area contributed by atoms with Crippen molar-refractivity contribution in [2.45, 2.75) is 39.0 Å². The Labute approximate surface area is 75.2 Å². The Morgan fingerprint density at radius 1 is 1.25 bits per heavy atom. The van der Waals surface area contributed by atoms with Crippen LogP contribution in [0.15, 0.2) is 24.8 Å². The van der Waals surface area contributed by atoms with Gasteiger partial charge in [0.1, 0.15) is 5.78 Å². The minimum absolute atomic E-state index is 0.343. The van der Waals surface area contributed by atoms with Crippen molar-refractivity contribution in [1.82, 2.24) is 0 Å². The lowest BCUT2D eigenvalue weighted by atomic mass is 10.1. The number of hydrogen-bond acceptors (Lipinski definition) is 1. The Morgan fingerprint density at radius 2 is 1.92 bits per heavy atom. The zero-order valence-electron chi connectivity index (χ0n) is 7.88. The van der Waals surface area contributed by atoms with Gasteiger partial charge in [0.05, 0.1) is 0 Å². The average molecular weight is 166 g/mol. The topological polar surface area (TPSA) is 17.1 Å². The maximum atomic E-state index is 11.1. The summed E-state index contributed by atoms with van der Waals surface area (Å²) in [5.74, 6) is 0.343. The Bertz CT molecular complexity index is 156. The van der Waals surface area contributed by atoms with E-state index >= 15 is 0 Å². The molecule has 0 fully saturated rings. The van der Waals surface area contributed by atoms with Crippen molar-refractivity contribution in [3.8, 4) is 0 Å². The smallest absolute Gasteiger partial charge is 0.133 e. The first kappa shape index (κ1) is 11.2. The van der Waals surface area contributed by atoms with Gasteiger partial charge in [-0.2, -0.15) is 0 Å². The number of rotatable bonds is 7. The van der Waals surface area contributed by atoms with Gasteiger partial charge in [0.25, 0.3) is 0 Å². The van der Waals surface area contributed by atoms with Crippen LogP contribution in [0.2, 0.25) is 0 Å². The van der Waals surface area contributed by atoms with Crippen molar-refractivity contribution in [2.24, 2.45) is 0 Å². The molecule has 0 aromatic heterocycles. The molecule has 0 saturated heterocycles. The minimum atomic E-state index is 0.343. The molecule has 0 unspecified atom stereocenters. The van der Waals surface area contributed by atoms with Gasteiger partial charge in [0.2, 0.25) is 0 Å². The number of allylic oxidation sites excluding steroid dienone is 3. The van der Waals surface area contributed by atoms with Gasteiger partial charge >= 0.3 is 0 Å². The van der Waals surface area contributed by atoms with Crippen molar-refractivity contribution in [2.75, 3.05) is 0 Å². The Balaban J connectivity index is 3.31. The van der Waals surface area contributed by atoms with Gasteiger partial charge in [-0.25, -0.2) is 0 Å². The molecule has 0 aliphatic heterocycles. The van der Waals surface area contributed by atoms with E-state index in [1.807, 2.05) is 0 Å².